The topological polar surface area (TPSA) is 48.7 Å². The van der Waals surface area contributed by atoms with Gasteiger partial charge in [-0.05, 0) is 54.1 Å². The summed E-state index contributed by atoms with van der Waals surface area (Å²) >= 11 is 5.87. The van der Waals surface area contributed by atoms with Crippen molar-refractivity contribution in [3.63, 3.8) is 0 Å². The van der Waals surface area contributed by atoms with E-state index >= 15 is 0 Å². The van der Waals surface area contributed by atoms with Gasteiger partial charge in [0, 0.05) is 49.0 Å². The van der Waals surface area contributed by atoms with Crippen molar-refractivity contribution < 1.29 is 9.21 Å². The summed E-state index contributed by atoms with van der Waals surface area (Å²) in [4.78, 5) is 17.2. The number of furan rings is 1. The first kappa shape index (κ1) is 19.7. The van der Waals surface area contributed by atoms with E-state index in [-0.39, 0.29) is 5.91 Å². The fourth-order valence-corrected chi connectivity index (χ4v) is 3.61. The Labute approximate surface area is 175 Å². The first-order valence-electron chi connectivity index (χ1n) is 9.79. The summed E-state index contributed by atoms with van der Waals surface area (Å²) in [6, 6.07) is 18.9. The zero-order chi connectivity index (χ0) is 20.1. The number of nitrogens with zero attached hydrogens (tertiary/aromatic N) is 2. The van der Waals surface area contributed by atoms with Crippen molar-refractivity contribution in [3.05, 3.63) is 88.8 Å². The molecule has 0 spiro atoms. The number of carbonyl (C=O) groups excluding carboxylic acids is 1. The summed E-state index contributed by atoms with van der Waals surface area (Å²) < 4.78 is 5.44. The molecule has 29 heavy (non-hydrogen) atoms. The second-order valence-corrected chi connectivity index (χ2v) is 7.73. The molecule has 2 heterocycles. The maximum absolute atomic E-state index is 12.3. The van der Waals surface area contributed by atoms with E-state index in [9.17, 15) is 4.79 Å². The molecule has 1 amide bonds. The number of carbonyl (C=O) groups is 1. The average molecular weight is 410 g/mol. The Kier molecular flexibility index (Phi) is 6.30. The van der Waals surface area contributed by atoms with Crippen LogP contribution in [0.1, 0.15) is 21.7 Å². The van der Waals surface area contributed by atoms with Crippen LogP contribution >= 0.6 is 11.6 Å². The quantitative estimate of drug-likeness (QED) is 0.651. The molecule has 6 heteroatoms. The maximum atomic E-state index is 12.3. The summed E-state index contributed by atoms with van der Waals surface area (Å²) in [5, 5.41) is 3.54. The first-order chi connectivity index (χ1) is 14.2. The molecule has 0 unspecified atom stereocenters. The molecule has 1 fully saturated rings. The monoisotopic (exact) mass is 409 g/mol. The van der Waals surface area contributed by atoms with Crippen LogP contribution in [-0.4, -0.2) is 41.9 Å². The second kappa shape index (κ2) is 9.27. The van der Waals surface area contributed by atoms with Crippen molar-refractivity contribution in [1.29, 1.82) is 0 Å². The van der Waals surface area contributed by atoms with Crippen molar-refractivity contribution >= 4 is 23.2 Å². The Bertz CT molecular complexity index is 916. The summed E-state index contributed by atoms with van der Waals surface area (Å²) in [5.74, 6) is 0.886. The van der Waals surface area contributed by atoms with Crippen LogP contribution in [-0.2, 0) is 13.1 Å². The van der Waals surface area contributed by atoms with E-state index in [2.05, 4.69) is 27.2 Å². The molecule has 4 rings (SSSR count). The minimum absolute atomic E-state index is 0.137. The molecule has 5 nitrogen and oxygen atoms in total. The molecule has 1 N–H and O–H groups in total. The highest BCUT2D eigenvalue weighted by atomic mass is 35.5. The maximum Gasteiger partial charge on any atom is 0.255 e. The van der Waals surface area contributed by atoms with Gasteiger partial charge in [-0.25, -0.2) is 0 Å². The van der Waals surface area contributed by atoms with E-state index in [1.54, 1.807) is 30.5 Å². The van der Waals surface area contributed by atoms with Gasteiger partial charge in [-0.15, -0.1) is 0 Å². The van der Waals surface area contributed by atoms with E-state index in [0.717, 1.165) is 50.7 Å². The first-order valence-corrected chi connectivity index (χ1v) is 10.2. The zero-order valence-electron chi connectivity index (χ0n) is 16.2. The molecule has 1 aromatic heterocycles. The van der Waals surface area contributed by atoms with Crippen molar-refractivity contribution in [3.8, 4) is 0 Å². The van der Waals surface area contributed by atoms with Crippen LogP contribution in [0.4, 0.5) is 5.69 Å². The lowest BCUT2D eigenvalue weighted by atomic mass is 10.1. The van der Waals surface area contributed by atoms with Gasteiger partial charge in [-0.3, -0.25) is 14.6 Å². The van der Waals surface area contributed by atoms with Gasteiger partial charge in [0.15, 0.2) is 0 Å². The number of hydrogen-bond donors (Lipinski definition) is 1. The van der Waals surface area contributed by atoms with E-state index < -0.39 is 0 Å². The fourth-order valence-electron chi connectivity index (χ4n) is 3.48. The van der Waals surface area contributed by atoms with Gasteiger partial charge >= 0.3 is 0 Å². The van der Waals surface area contributed by atoms with Gasteiger partial charge in [0.1, 0.15) is 5.76 Å². The SMILES string of the molecule is O=C(Nc1ccc(CN2CCN(Cc3ccco3)CC2)cc1)c1ccc(Cl)cc1. The van der Waals surface area contributed by atoms with Crippen LogP contribution in [0.2, 0.25) is 5.02 Å². The van der Waals surface area contributed by atoms with Gasteiger partial charge in [-0.2, -0.15) is 0 Å². The average Bonchev–Trinajstić information content (AvgIpc) is 3.24. The van der Waals surface area contributed by atoms with Crippen molar-refractivity contribution in [2.24, 2.45) is 0 Å². The van der Waals surface area contributed by atoms with Crippen molar-refractivity contribution in [1.82, 2.24) is 9.80 Å². The highest BCUT2D eigenvalue weighted by Gasteiger charge is 2.17. The molecule has 150 valence electrons. The van der Waals surface area contributed by atoms with Crippen LogP contribution in [0.5, 0.6) is 0 Å². The minimum Gasteiger partial charge on any atom is -0.468 e. The lowest BCUT2D eigenvalue weighted by Gasteiger charge is -2.34. The Morgan fingerprint density at radius 2 is 1.55 bits per heavy atom. The van der Waals surface area contributed by atoms with Gasteiger partial charge in [0.2, 0.25) is 0 Å². The highest BCUT2D eigenvalue weighted by molar-refractivity contribution is 6.30. The lowest BCUT2D eigenvalue weighted by molar-refractivity contribution is 0.102. The number of hydrogen-bond acceptors (Lipinski definition) is 4. The van der Waals surface area contributed by atoms with Crippen molar-refractivity contribution in [2.45, 2.75) is 13.1 Å². The fraction of sp³-hybridized carbons (Fsp3) is 0.261. The summed E-state index contributed by atoms with van der Waals surface area (Å²) in [7, 11) is 0. The van der Waals surface area contributed by atoms with Crippen LogP contribution in [0, 0.1) is 0 Å². The lowest BCUT2D eigenvalue weighted by Crippen LogP contribution is -2.45. The molecule has 0 saturated carbocycles. The number of amides is 1. The number of anilines is 1. The van der Waals surface area contributed by atoms with E-state index in [1.165, 1.54) is 5.56 Å². The summed E-state index contributed by atoms with van der Waals surface area (Å²) in [6.45, 7) is 5.94. The Balaban J connectivity index is 1.25. The predicted octanol–water partition coefficient (Wildman–Crippen LogP) is 4.50. The van der Waals surface area contributed by atoms with Crippen LogP contribution in [0.3, 0.4) is 0 Å². The number of nitrogens with one attached hydrogen (secondary N) is 1. The molecule has 2 aromatic carbocycles. The number of benzene rings is 2. The minimum atomic E-state index is -0.137. The van der Waals surface area contributed by atoms with Crippen LogP contribution in [0.15, 0.2) is 71.3 Å². The van der Waals surface area contributed by atoms with Gasteiger partial charge in [0.25, 0.3) is 5.91 Å². The standard InChI is InChI=1S/C23H24ClN3O2/c24-20-7-5-19(6-8-20)23(28)25-21-9-3-18(4-10-21)16-26-11-13-27(14-12-26)17-22-2-1-15-29-22/h1-10,15H,11-14,16-17H2,(H,25,28). The van der Waals surface area contributed by atoms with Crippen LogP contribution in [0.25, 0.3) is 0 Å². The zero-order valence-corrected chi connectivity index (χ0v) is 16.9. The third-order valence-electron chi connectivity index (χ3n) is 5.15. The Hall–Kier alpha value is -2.60. The van der Waals surface area contributed by atoms with Gasteiger partial charge in [0.05, 0.1) is 12.8 Å². The Morgan fingerprint density at radius 3 is 2.17 bits per heavy atom. The molecule has 0 radical (unpaired) electrons. The molecular formula is C23H24ClN3O2. The van der Waals surface area contributed by atoms with Gasteiger partial charge in [-0.1, -0.05) is 23.7 Å². The second-order valence-electron chi connectivity index (χ2n) is 7.29. The molecular weight excluding hydrogens is 386 g/mol. The molecule has 1 aliphatic rings. The van der Waals surface area contributed by atoms with E-state index in [0.29, 0.717) is 10.6 Å². The predicted molar refractivity (Wildman–Crippen MR) is 115 cm³/mol. The van der Waals surface area contributed by atoms with Crippen molar-refractivity contribution in [2.75, 3.05) is 31.5 Å². The highest BCUT2D eigenvalue weighted by Crippen LogP contribution is 2.16. The number of piperazine rings is 1. The van der Waals surface area contributed by atoms with E-state index in [4.69, 9.17) is 16.0 Å². The van der Waals surface area contributed by atoms with Gasteiger partial charge < -0.3 is 9.73 Å². The summed E-state index contributed by atoms with van der Waals surface area (Å²) in [6.07, 6.45) is 1.73. The number of halogens is 1. The largest absolute Gasteiger partial charge is 0.468 e. The molecule has 3 aromatic rings. The number of rotatable bonds is 6. The third-order valence-corrected chi connectivity index (χ3v) is 5.40. The molecule has 1 saturated heterocycles. The van der Waals surface area contributed by atoms with Crippen LogP contribution < -0.4 is 5.32 Å². The molecule has 1 aliphatic heterocycles. The smallest absolute Gasteiger partial charge is 0.255 e. The summed E-state index contributed by atoms with van der Waals surface area (Å²) in [5.41, 5.74) is 2.62. The normalized spacial score (nSPS) is 15.3. The molecule has 0 bridgehead atoms. The molecule has 0 atom stereocenters. The van der Waals surface area contributed by atoms with E-state index in [1.807, 2.05) is 24.3 Å². The molecule has 0 aliphatic carbocycles. The Morgan fingerprint density at radius 1 is 0.897 bits per heavy atom. The third kappa shape index (κ3) is 5.48.